The smallest absolute Gasteiger partial charge is 0.251 e. The van der Waals surface area contributed by atoms with Crippen LogP contribution in [0.3, 0.4) is 0 Å². The lowest BCUT2D eigenvalue weighted by atomic mass is 10.0. The molecule has 0 aromatic heterocycles. The Bertz CT molecular complexity index is 511. The van der Waals surface area contributed by atoms with Gasteiger partial charge in [0.1, 0.15) is 5.75 Å². The summed E-state index contributed by atoms with van der Waals surface area (Å²) in [6, 6.07) is 5.86. The first-order valence-corrected chi connectivity index (χ1v) is 8.39. The second-order valence-corrected chi connectivity index (χ2v) is 6.00. The van der Waals surface area contributed by atoms with Crippen LogP contribution in [0.1, 0.15) is 35.7 Å². The first-order chi connectivity index (χ1) is 11.1. The molecule has 1 aliphatic rings. The number of hydrogen-bond donors (Lipinski definition) is 1. The third-order valence-electron chi connectivity index (χ3n) is 4.27. The maximum absolute atomic E-state index is 12.4. The lowest BCUT2D eigenvalue weighted by Gasteiger charge is -2.32. The molecule has 2 rings (SSSR count). The second-order valence-electron chi connectivity index (χ2n) is 6.00. The summed E-state index contributed by atoms with van der Waals surface area (Å²) in [7, 11) is 1.73. The molecule has 1 heterocycles. The number of nitrogens with one attached hydrogen (secondary N) is 1. The van der Waals surface area contributed by atoms with Crippen LogP contribution in [0.15, 0.2) is 18.2 Å². The van der Waals surface area contributed by atoms with Crippen molar-refractivity contribution in [3.63, 3.8) is 0 Å². The van der Waals surface area contributed by atoms with Crippen LogP contribution in [0.25, 0.3) is 0 Å². The molecule has 1 aliphatic heterocycles. The van der Waals surface area contributed by atoms with Gasteiger partial charge in [-0.1, -0.05) is 0 Å². The maximum Gasteiger partial charge on any atom is 0.251 e. The standard InChI is InChI=1S/C18H28N2O3/c1-4-23-17-6-5-15(13-14(17)2)18(21)19-16-7-9-20(10-8-16)11-12-22-3/h5-6,13,16H,4,7-12H2,1-3H3,(H,19,21). The van der Waals surface area contributed by atoms with Gasteiger partial charge in [-0.3, -0.25) is 4.79 Å². The van der Waals surface area contributed by atoms with Gasteiger partial charge in [0.05, 0.1) is 13.2 Å². The number of methoxy groups -OCH3 is 1. The van der Waals surface area contributed by atoms with Gasteiger partial charge in [-0.15, -0.1) is 0 Å². The Hall–Kier alpha value is -1.59. The van der Waals surface area contributed by atoms with Crippen LogP contribution in [0.5, 0.6) is 5.75 Å². The topological polar surface area (TPSA) is 50.8 Å². The highest BCUT2D eigenvalue weighted by Crippen LogP contribution is 2.19. The van der Waals surface area contributed by atoms with Crippen LogP contribution < -0.4 is 10.1 Å². The van der Waals surface area contributed by atoms with E-state index in [-0.39, 0.29) is 11.9 Å². The van der Waals surface area contributed by atoms with E-state index in [9.17, 15) is 4.79 Å². The van der Waals surface area contributed by atoms with Gasteiger partial charge in [-0.05, 0) is 50.5 Å². The molecule has 128 valence electrons. The molecule has 1 N–H and O–H groups in total. The molecule has 0 atom stereocenters. The molecule has 1 fully saturated rings. The van der Waals surface area contributed by atoms with E-state index in [1.807, 2.05) is 32.0 Å². The highest BCUT2D eigenvalue weighted by Gasteiger charge is 2.21. The predicted octanol–water partition coefficient (Wildman–Crippen LogP) is 2.23. The molecule has 1 aromatic carbocycles. The van der Waals surface area contributed by atoms with E-state index in [0.29, 0.717) is 12.2 Å². The molecule has 5 nitrogen and oxygen atoms in total. The van der Waals surface area contributed by atoms with Crippen molar-refractivity contribution in [3.8, 4) is 5.75 Å². The lowest BCUT2D eigenvalue weighted by molar-refractivity contribution is 0.0892. The van der Waals surface area contributed by atoms with Gasteiger partial charge in [0.2, 0.25) is 0 Å². The van der Waals surface area contributed by atoms with Crippen LogP contribution in [0, 0.1) is 6.92 Å². The summed E-state index contributed by atoms with van der Waals surface area (Å²) in [4.78, 5) is 14.8. The molecular formula is C18H28N2O3. The molecule has 1 saturated heterocycles. The van der Waals surface area contributed by atoms with Crippen LogP contribution >= 0.6 is 0 Å². The molecule has 23 heavy (non-hydrogen) atoms. The number of benzene rings is 1. The summed E-state index contributed by atoms with van der Waals surface area (Å²) in [5.41, 5.74) is 1.70. The fourth-order valence-electron chi connectivity index (χ4n) is 2.90. The average Bonchev–Trinajstić information content (AvgIpc) is 2.56. The van der Waals surface area contributed by atoms with Crippen molar-refractivity contribution >= 4 is 5.91 Å². The van der Waals surface area contributed by atoms with Crippen molar-refractivity contribution in [3.05, 3.63) is 29.3 Å². The Morgan fingerprint density at radius 2 is 2.09 bits per heavy atom. The first-order valence-electron chi connectivity index (χ1n) is 8.39. The van der Waals surface area contributed by atoms with E-state index in [2.05, 4.69) is 10.2 Å². The molecule has 0 spiro atoms. The van der Waals surface area contributed by atoms with E-state index in [1.54, 1.807) is 7.11 Å². The van der Waals surface area contributed by atoms with Crippen molar-refractivity contribution in [2.45, 2.75) is 32.7 Å². The van der Waals surface area contributed by atoms with Gasteiger partial charge in [0.25, 0.3) is 5.91 Å². The number of carbonyl (C=O) groups excluding carboxylic acids is 1. The molecule has 0 aliphatic carbocycles. The van der Waals surface area contributed by atoms with Gasteiger partial charge in [-0.2, -0.15) is 0 Å². The molecule has 1 amide bonds. The number of aryl methyl sites for hydroxylation is 1. The Labute approximate surface area is 139 Å². The maximum atomic E-state index is 12.4. The highest BCUT2D eigenvalue weighted by molar-refractivity contribution is 5.94. The number of likely N-dealkylation sites (tertiary alicyclic amines) is 1. The number of ether oxygens (including phenoxy) is 2. The minimum Gasteiger partial charge on any atom is -0.494 e. The third kappa shape index (κ3) is 5.22. The number of piperidine rings is 1. The van der Waals surface area contributed by atoms with Crippen LogP contribution in [-0.2, 0) is 4.74 Å². The molecule has 0 bridgehead atoms. The summed E-state index contributed by atoms with van der Waals surface area (Å²) >= 11 is 0. The summed E-state index contributed by atoms with van der Waals surface area (Å²) in [6.45, 7) is 8.31. The van der Waals surface area contributed by atoms with Crippen molar-refractivity contribution in [2.24, 2.45) is 0 Å². The molecule has 0 radical (unpaired) electrons. The van der Waals surface area contributed by atoms with Gasteiger partial charge in [0.15, 0.2) is 0 Å². The summed E-state index contributed by atoms with van der Waals surface area (Å²) in [5, 5.41) is 3.15. The number of amides is 1. The fraction of sp³-hybridized carbons (Fsp3) is 0.611. The fourth-order valence-corrected chi connectivity index (χ4v) is 2.90. The second kappa shape index (κ2) is 8.89. The monoisotopic (exact) mass is 320 g/mol. The Balaban J connectivity index is 1.84. The molecule has 0 unspecified atom stereocenters. The van der Waals surface area contributed by atoms with E-state index in [1.165, 1.54) is 0 Å². The minimum absolute atomic E-state index is 0.00601. The normalized spacial score (nSPS) is 16.3. The highest BCUT2D eigenvalue weighted by atomic mass is 16.5. The number of nitrogens with zero attached hydrogens (tertiary/aromatic N) is 1. The first kappa shape index (κ1) is 17.8. The zero-order valence-corrected chi connectivity index (χ0v) is 14.4. The third-order valence-corrected chi connectivity index (χ3v) is 4.27. The Morgan fingerprint density at radius 1 is 1.35 bits per heavy atom. The summed E-state index contributed by atoms with van der Waals surface area (Å²) < 4.78 is 10.6. The van der Waals surface area contributed by atoms with Gasteiger partial charge >= 0.3 is 0 Å². The van der Waals surface area contributed by atoms with Crippen LogP contribution in [0.2, 0.25) is 0 Å². The van der Waals surface area contributed by atoms with E-state index < -0.39 is 0 Å². The predicted molar refractivity (Wildman–Crippen MR) is 91.2 cm³/mol. The van der Waals surface area contributed by atoms with Crippen molar-refractivity contribution < 1.29 is 14.3 Å². The quantitative estimate of drug-likeness (QED) is 0.837. The number of carbonyl (C=O) groups is 1. The van der Waals surface area contributed by atoms with Crippen molar-refractivity contribution in [2.75, 3.05) is 40.0 Å². The van der Waals surface area contributed by atoms with E-state index in [0.717, 1.165) is 50.4 Å². The zero-order valence-electron chi connectivity index (χ0n) is 14.4. The van der Waals surface area contributed by atoms with Crippen LogP contribution in [0.4, 0.5) is 0 Å². The van der Waals surface area contributed by atoms with Gasteiger partial charge in [0, 0.05) is 38.3 Å². The molecule has 5 heteroatoms. The van der Waals surface area contributed by atoms with E-state index in [4.69, 9.17) is 9.47 Å². The van der Waals surface area contributed by atoms with Gasteiger partial charge < -0.3 is 19.7 Å². The largest absolute Gasteiger partial charge is 0.494 e. The SMILES string of the molecule is CCOc1ccc(C(=O)NC2CCN(CCOC)CC2)cc1C. The van der Waals surface area contributed by atoms with E-state index >= 15 is 0 Å². The average molecular weight is 320 g/mol. The Kier molecular flexibility index (Phi) is 6.86. The van der Waals surface area contributed by atoms with Crippen LogP contribution in [-0.4, -0.2) is 56.8 Å². The Morgan fingerprint density at radius 3 is 2.70 bits per heavy atom. The summed E-state index contributed by atoms with van der Waals surface area (Å²) in [5.74, 6) is 0.849. The molecular weight excluding hydrogens is 292 g/mol. The zero-order chi connectivity index (χ0) is 16.7. The molecule has 1 aromatic rings. The van der Waals surface area contributed by atoms with Crippen molar-refractivity contribution in [1.82, 2.24) is 10.2 Å². The summed E-state index contributed by atoms with van der Waals surface area (Å²) in [6.07, 6.45) is 1.98. The number of hydrogen-bond acceptors (Lipinski definition) is 4. The molecule has 0 saturated carbocycles. The lowest BCUT2D eigenvalue weighted by Crippen LogP contribution is -2.45. The minimum atomic E-state index is 0.00601. The van der Waals surface area contributed by atoms with Gasteiger partial charge in [-0.25, -0.2) is 0 Å². The van der Waals surface area contributed by atoms with Crippen molar-refractivity contribution in [1.29, 1.82) is 0 Å². The number of rotatable bonds is 7.